The van der Waals surface area contributed by atoms with Crippen LogP contribution in [0.1, 0.15) is 55.0 Å². The van der Waals surface area contributed by atoms with E-state index in [0.717, 1.165) is 34.2 Å². The molecule has 7 nitrogen and oxygen atoms in total. The van der Waals surface area contributed by atoms with Crippen molar-refractivity contribution in [1.82, 2.24) is 10.2 Å². The number of carbonyl (C=O) groups excluding carboxylic acids is 2. The van der Waals surface area contributed by atoms with Crippen LogP contribution in [-0.4, -0.2) is 43.8 Å². The summed E-state index contributed by atoms with van der Waals surface area (Å²) in [5.74, 6) is -0.746. The third kappa shape index (κ3) is 8.63. The zero-order valence-electron chi connectivity index (χ0n) is 27.4. The standard InChI is InChI=1S/C38H45N3O4S/c1-6-30(5)39-38(43)36(25-31-15-9-8-10-16-31)40(26-32-17-13-14-29(4)24-32)37(42)27-41(35-19-12-11-18-33(35)7-2)46(44,45)34-22-20-28(3)21-23-34/h8-24,30,36H,6-7,25-27H2,1-5H3,(H,39,43)/t30-,36+/m0/s1. The van der Waals surface area contributed by atoms with Crippen molar-refractivity contribution in [3.8, 4) is 0 Å². The third-order valence-electron chi connectivity index (χ3n) is 8.24. The van der Waals surface area contributed by atoms with Gasteiger partial charge in [0, 0.05) is 19.0 Å². The average molecular weight is 640 g/mol. The fourth-order valence-corrected chi connectivity index (χ4v) is 6.86. The number of amides is 2. The van der Waals surface area contributed by atoms with E-state index in [1.807, 2.05) is 101 Å². The summed E-state index contributed by atoms with van der Waals surface area (Å²) in [6.07, 6.45) is 1.58. The van der Waals surface area contributed by atoms with Gasteiger partial charge in [0.25, 0.3) is 10.0 Å². The van der Waals surface area contributed by atoms with Crippen LogP contribution in [-0.2, 0) is 39.0 Å². The van der Waals surface area contributed by atoms with Crippen LogP contribution in [0.2, 0.25) is 0 Å². The lowest BCUT2D eigenvalue weighted by atomic mass is 10.0. The number of sulfonamides is 1. The molecule has 0 spiro atoms. The van der Waals surface area contributed by atoms with E-state index in [1.54, 1.807) is 41.3 Å². The molecule has 4 aromatic carbocycles. The van der Waals surface area contributed by atoms with E-state index in [0.29, 0.717) is 12.1 Å². The van der Waals surface area contributed by atoms with E-state index >= 15 is 0 Å². The molecule has 1 N–H and O–H groups in total. The van der Waals surface area contributed by atoms with Crippen LogP contribution in [0.4, 0.5) is 5.69 Å². The number of carbonyl (C=O) groups is 2. The van der Waals surface area contributed by atoms with Crippen LogP contribution in [0.25, 0.3) is 0 Å². The molecule has 0 fully saturated rings. The van der Waals surface area contributed by atoms with Crippen molar-refractivity contribution in [2.45, 2.75) is 77.4 Å². The second-order valence-electron chi connectivity index (χ2n) is 11.8. The number of hydrogen-bond acceptors (Lipinski definition) is 4. The quantitative estimate of drug-likeness (QED) is 0.168. The SMILES string of the molecule is CCc1ccccc1N(CC(=O)N(Cc1cccc(C)c1)[C@H](Cc1ccccc1)C(=O)N[C@@H](C)CC)S(=O)(=O)c1ccc(C)cc1. The second kappa shape index (κ2) is 15.7. The molecule has 8 heteroatoms. The minimum Gasteiger partial charge on any atom is -0.352 e. The first kappa shape index (κ1) is 34.4. The minimum atomic E-state index is -4.15. The van der Waals surface area contributed by atoms with Crippen LogP contribution < -0.4 is 9.62 Å². The molecule has 0 saturated carbocycles. The number of benzene rings is 4. The van der Waals surface area contributed by atoms with Gasteiger partial charge in [-0.05, 0) is 68.5 Å². The van der Waals surface area contributed by atoms with Gasteiger partial charge in [0.15, 0.2) is 0 Å². The summed E-state index contributed by atoms with van der Waals surface area (Å²) in [5.41, 5.74) is 4.94. The molecule has 0 aliphatic carbocycles. The van der Waals surface area contributed by atoms with Crippen LogP contribution in [0.5, 0.6) is 0 Å². The maximum absolute atomic E-state index is 14.7. The Morgan fingerprint density at radius 2 is 1.43 bits per heavy atom. The Kier molecular flexibility index (Phi) is 11.8. The molecule has 0 heterocycles. The summed E-state index contributed by atoms with van der Waals surface area (Å²) < 4.78 is 29.9. The average Bonchev–Trinajstić information content (AvgIpc) is 3.05. The maximum atomic E-state index is 14.7. The van der Waals surface area contributed by atoms with E-state index in [1.165, 1.54) is 4.31 Å². The van der Waals surface area contributed by atoms with Crippen molar-refractivity contribution in [3.63, 3.8) is 0 Å². The first-order valence-electron chi connectivity index (χ1n) is 15.9. The van der Waals surface area contributed by atoms with E-state index in [-0.39, 0.29) is 29.8 Å². The molecule has 0 unspecified atom stereocenters. The summed E-state index contributed by atoms with van der Waals surface area (Å²) in [6, 6.07) is 30.3. The molecule has 0 radical (unpaired) electrons. The van der Waals surface area contributed by atoms with E-state index in [2.05, 4.69) is 5.32 Å². The molecule has 4 rings (SSSR count). The molecule has 2 atom stereocenters. The van der Waals surface area contributed by atoms with Crippen molar-refractivity contribution in [1.29, 1.82) is 0 Å². The van der Waals surface area contributed by atoms with Crippen molar-refractivity contribution in [2.75, 3.05) is 10.8 Å². The first-order valence-corrected chi connectivity index (χ1v) is 17.3. The lowest BCUT2D eigenvalue weighted by Crippen LogP contribution is -2.54. The minimum absolute atomic E-state index is 0.0948. The number of hydrogen-bond donors (Lipinski definition) is 1. The lowest BCUT2D eigenvalue weighted by Gasteiger charge is -2.34. The Hall–Kier alpha value is -4.43. The Labute approximate surface area is 274 Å². The molecule has 0 aromatic heterocycles. The molecular formula is C38H45N3O4S. The molecule has 0 aliphatic heterocycles. The van der Waals surface area contributed by atoms with Gasteiger partial charge in [-0.2, -0.15) is 0 Å². The van der Waals surface area contributed by atoms with Gasteiger partial charge in [-0.25, -0.2) is 8.42 Å². The molecule has 242 valence electrons. The number of nitrogens with one attached hydrogen (secondary N) is 1. The maximum Gasteiger partial charge on any atom is 0.264 e. The normalized spacial score (nSPS) is 12.6. The predicted octanol–water partition coefficient (Wildman–Crippen LogP) is 6.62. The molecular weight excluding hydrogens is 595 g/mol. The smallest absolute Gasteiger partial charge is 0.264 e. The molecule has 0 aliphatic rings. The van der Waals surface area contributed by atoms with Crippen molar-refractivity contribution < 1.29 is 18.0 Å². The first-order chi connectivity index (χ1) is 22.0. The monoisotopic (exact) mass is 639 g/mol. The van der Waals surface area contributed by atoms with Crippen molar-refractivity contribution >= 4 is 27.5 Å². The van der Waals surface area contributed by atoms with Gasteiger partial charge in [-0.3, -0.25) is 13.9 Å². The predicted molar refractivity (Wildman–Crippen MR) is 185 cm³/mol. The summed E-state index contributed by atoms with van der Waals surface area (Å²) in [5, 5.41) is 3.08. The zero-order valence-corrected chi connectivity index (χ0v) is 28.3. The number of aryl methyl sites for hydroxylation is 3. The van der Waals surface area contributed by atoms with Gasteiger partial charge in [0.05, 0.1) is 10.6 Å². The van der Waals surface area contributed by atoms with Gasteiger partial charge >= 0.3 is 0 Å². The highest BCUT2D eigenvalue weighted by molar-refractivity contribution is 7.92. The summed E-state index contributed by atoms with van der Waals surface area (Å²) in [7, 11) is -4.15. The second-order valence-corrected chi connectivity index (χ2v) is 13.7. The Balaban J connectivity index is 1.84. The van der Waals surface area contributed by atoms with Gasteiger partial charge in [0.2, 0.25) is 11.8 Å². The van der Waals surface area contributed by atoms with Crippen LogP contribution in [0, 0.1) is 13.8 Å². The van der Waals surface area contributed by atoms with E-state index in [9.17, 15) is 18.0 Å². The summed E-state index contributed by atoms with van der Waals surface area (Å²) in [6.45, 7) is 9.42. The van der Waals surface area contributed by atoms with Crippen LogP contribution >= 0.6 is 0 Å². The highest BCUT2D eigenvalue weighted by atomic mass is 32.2. The lowest BCUT2D eigenvalue weighted by molar-refractivity contribution is -0.140. The highest BCUT2D eigenvalue weighted by Gasteiger charge is 2.35. The largest absolute Gasteiger partial charge is 0.352 e. The van der Waals surface area contributed by atoms with Crippen LogP contribution in [0.15, 0.2) is 108 Å². The number of para-hydroxylation sites is 1. The van der Waals surface area contributed by atoms with Crippen molar-refractivity contribution in [2.24, 2.45) is 0 Å². The van der Waals surface area contributed by atoms with Gasteiger partial charge in [0.1, 0.15) is 12.6 Å². The Morgan fingerprint density at radius 3 is 2.09 bits per heavy atom. The highest BCUT2D eigenvalue weighted by Crippen LogP contribution is 2.29. The molecule has 0 bridgehead atoms. The van der Waals surface area contributed by atoms with Gasteiger partial charge < -0.3 is 10.2 Å². The van der Waals surface area contributed by atoms with E-state index < -0.39 is 28.5 Å². The summed E-state index contributed by atoms with van der Waals surface area (Å²) >= 11 is 0. The third-order valence-corrected chi connectivity index (χ3v) is 10.0. The van der Waals surface area contributed by atoms with Gasteiger partial charge in [-0.15, -0.1) is 0 Å². The van der Waals surface area contributed by atoms with Crippen molar-refractivity contribution in [3.05, 3.63) is 131 Å². The topological polar surface area (TPSA) is 86.8 Å². The van der Waals surface area contributed by atoms with Crippen LogP contribution in [0.3, 0.4) is 0 Å². The number of nitrogens with zero attached hydrogens (tertiary/aromatic N) is 2. The molecule has 0 saturated heterocycles. The van der Waals surface area contributed by atoms with E-state index in [4.69, 9.17) is 0 Å². The molecule has 2 amide bonds. The zero-order chi connectivity index (χ0) is 33.3. The number of anilines is 1. The fourth-order valence-electron chi connectivity index (χ4n) is 5.41. The Bertz CT molecular complexity index is 1720. The van der Waals surface area contributed by atoms with Gasteiger partial charge in [-0.1, -0.05) is 110 Å². The fraction of sp³-hybridized carbons (Fsp3) is 0.316. The molecule has 4 aromatic rings. The molecule has 46 heavy (non-hydrogen) atoms. The number of rotatable bonds is 14. The summed E-state index contributed by atoms with van der Waals surface area (Å²) in [4.78, 5) is 30.3. The Morgan fingerprint density at radius 1 is 0.783 bits per heavy atom.